The number of carboxylic acids is 1. The number of pyridine rings is 1. The molecule has 1 aromatic carbocycles. The van der Waals surface area contributed by atoms with E-state index in [1.54, 1.807) is 0 Å². The molecule has 1 aromatic heterocycles. The zero-order valence-corrected chi connectivity index (χ0v) is 12.1. The Hall–Kier alpha value is -2.48. The van der Waals surface area contributed by atoms with E-state index in [1.807, 2.05) is 0 Å². The summed E-state index contributed by atoms with van der Waals surface area (Å²) >= 11 is 5.84. The summed E-state index contributed by atoms with van der Waals surface area (Å²) in [5.41, 5.74) is 6.08. The number of rotatable bonds is 4. The second-order valence-electron chi connectivity index (χ2n) is 4.51. The molecule has 0 saturated heterocycles. The Morgan fingerprint density at radius 2 is 2.00 bits per heavy atom. The fourth-order valence-corrected chi connectivity index (χ4v) is 2.28. The van der Waals surface area contributed by atoms with Gasteiger partial charge < -0.3 is 5.11 Å². The first-order chi connectivity index (χ1) is 10.8. The normalized spacial score (nSPS) is 12.7. The van der Waals surface area contributed by atoms with Gasteiger partial charge in [-0.05, 0) is 17.7 Å². The molecule has 1 unspecified atom stereocenters. The van der Waals surface area contributed by atoms with Crippen LogP contribution in [0.5, 0.6) is 0 Å². The van der Waals surface area contributed by atoms with E-state index in [0.717, 1.165) is 0 Å². The SMILES string of the molecule is N=NC(c1ccccc1C(=O)O)c1ncc(C(F)(F)F)cc1Cl. The third-order valence-corrected chi connectivity index (χ3v) is 3.37. The first kappa shape index (κ1) is 16.9. The molecule has 1 atom stereocenters. The summed E-state index contributed by atoms with van der Waals surface area (Å²) in [6.07, 6.45) is -4.04. The van der Waals surface area contributed by atoms with Crippen molar-refractivity contribution in [3.8, 4) is 0 Å². The predicted molar refractivity (Wildman–Crippen MR) is 74.6 cm³/mol. The lowest BCUT2D eigenvalue weighted by Crippen LogP contribution is -2.11. The average molecular weight is 344 g/mol. The minimum atomic E-state index is -4.61. The molecule has 0 aliphatic rings. The Kier molecular flexibility index (Phi) is 4.65. The van der Waals surface area contributed by atoms with E-state index in [1.165, 1.54) is 24.3 Å². The highest BCUT2D eigenvalue weighted by molar-refractivity contribution is 6.31. The molecule has 9 heteroatoms. The summed E-state index contributed by atoms with van der Waals surface area (Å²) < 4.78 is 37.9. The van der Waals surface area contributed by atoms with Gasteiger partial charge in [-0.15, -0.1) is 0 Å². The van der Waals surface area contributed by atoms with Gasteiger partial charge in [-0.2, -0.15) is 18.3 Å². The summed E-state index contributed by atoms with van der Waals surface area (Å²) in [6, 6.07) is 5.17. The van der Waals surface area contributed by atoms with Crippen molar-refractivity contribution in [1.82, 2.24) is 4.98 Å². The molecule has 23 heavy (non-hydrogen) atoms. The molecule has 0 aliphatic carbocycles. The zero-order valence-electron chi connectivity index (χ0n) is 11.3. The van der Waals surface area contributed by atoms with Crippen molar-refractivity contribution in [1.29, 1.82) is 5.53 Å². The van der Waals surface area contributed by atoms with Gasteiger partial charge in [-0.1, -0.05) is 29.8 Å². The minimum Gasteiger partial charge on any atom is -0.478 e. The molecule has 1 heterocycles. The van der Waals surface area contributed by atoms with Gasteiger partial charge in [0, 0.05) is 6.20 Å². The molecular weight excluding hydrogens is 335 g/mol. The van der Waals surface area contributed by atoms with E-state index < -0.39 is 23.8 Å². The van der Waals surface area contributed by atoms with Crippen LogP contribution in [0.25, 0.3) is 0 Å². The Morgan fingerprint density at radius 1 is 1.35 bits per heavy atom. The molecule has 120 valence electrons. The lowest BCUT2D eigenvalue weighted by Gasteiger charge is -2.15. The molecular formula is C14H9ClF3N3O2. The number of hydrogen-bond donors (Lipinski definition) is 2. The Labute approximate surface area is 133 Å². The molecule has 0 amide bonds. The van der Waals surface area contributed by atoms with Crippen molar-refractivity contribution in [2.75, 3.05) is 0 Å². The molecule has 5 nitrogen and oxygen atoms in total. The smallest absolute Gasteiger partial charge is 0.417 e. The van der Waals surface area contributed by atoms with Crippen LogP contribution in [0, 0.1) is 5.53 Å². The van der Waals surface area contributed by atoms with E-state index in [4.69, 9.17) is 17.1 Å². The number of nitrogens with one attached hydrogen (secondary N) is 1. The summed E-state index contributed by atoms with van der Waals surface area (Å²) in [7, 11) is 0. The van der Waals surface area contributed by atoms with E-state index in [9.17, 15) is 23.1 Å². The van der Waals surface area contributed by atoms with E-state index >= 15 is 0 Å². The lowest BCUT2D eigenvalue weighted by atomic mass is 9.98. The van der Waals surface area contributed by atoms with Gasteiger partial charge in [0.15, 0.2) is 0 Å². The van der Waals surface area contributed by atoms with Crippen LogP contribution in [0.3, 0.4) is 0 Å². The monoisotopic (exact) mass is 343 g/mol. The first-order valence-corrected chi connectivity index (χ1v) is 6.55. The van der Waals surface area contributed by atoms with Crippen LogP contribution in [0.1, 0.15) is 33.2 Å². The largest absolute Gasteiger partial charge is 0.478 e. The van der Waals surface area contributed by atoms with Crippen LogP contribution in [-0.2, 0) is 6.18 Å². The highest BCUT2D eigenvalue weighted by atomic mass is 35.5. The third kappa shape index (κ3) is 3.48. The highest BCUT2D eigenvalue weighted by Gasteiger charge is 2.33. The number of halogens is 4. The number of aromatic carboxylic acids is 1. The van der Waals surface area contributed by atoms with E-state index in [-0.39, 0.29) is 21.8 Å². The van der Waals surface area contributed by atoms with Gasteiger partial charge in [0.2, 0.25) is 0 Å². The van der Waals surface area contributed by atoms with Crippen molar-refractivity contribution in [3.63, 3.8) is 0 Å². The maximum atomic E-state index is 12.6. The standard InChI is InChI=1S/C14H9ClF3N3O2/c15-10-5-7(14(16,17)18)6-20-12(10)11(21-19)8-3-1-2-4-9(8)13(22)23/h1-6,11,19H,(H,22,23). The molecule has 0 saturated carbocycles. The number of aromatic nitrogens is 1. The molecule has 2 rings (SSSR count). The number of benzene rings is 1. The first-order valence-electron chi connectivity index (χ1n) is 6.17. The molecule has 0 aliphatic heterocycles. The Bertz CT molecular complexity index is 765. The second kappa shape index (κ2) is 6.33. The maximum Gasteiger partial charge on any atom is 0.417 e. The molecule has 0 bridgehead atoms. The van der Waals surface area contributed by atoms with Crippen molar-refractivity contribution in [2.24, 2.45) is 5.11 Å². The molecule has 2 aromatic rings. The topological polar surface area (TPSA) is 86.4 Å². The number of carboxylic acid groups (broad SMARTS) is 1. The van der Waals surface area contributed by atoms with Crippen molar-refractivity contribution in [2.45, 2.75) is 12.2 Å². The average Bonchev–Trinajstić information content (AvgIpc) is 2.49. The maximum absolute atomic E-state index is 12.6. The number of nitrogens with zero attached hydrogens (tertiary/aromatic N) is 2. The molecule has 0 radical (unpaired) electrons. The fraction of sp³-hybridized carbons (Fsp3) is 0.143. The van der Waals surface area contributed by atoms with Gasteiger partial charge in [-0.3, -0.25) is 4.98 Å². The van der Waals surface area contributed by atoms with Crippen LogP contribution in [0.4, 0.5) is 13.2 Å². The van der Waals surface area contributed by atoms with Gasteiger partial charge in [-0.25, -0.2) is 10.3 Å². The lowest BCUT2D eigenvalue weighted by molar-refractivity contribution is -0.137. The predicted octanol–water partition coefficient (Wildman–Crippen LogP) is 4.57. The van der Waals surface area contributed by atoms with Gasteiger partial charge in [0.25, 0.3) is 0 Å². The summed E-state index contributed by atoms with van der Waals surface area (Å²) in [5, 5.41) is 12.1. The Balaban J connectivity index is 2.55. The van der Waals surface area contributed by atoms with E-state index in [2.05, 4.69) is 10.1 Å². The number of alkyl halides is 3. The van der Waals surface area contributed by atoms with Crippen molar-refractivity contribution < 1.29 is 23.1 Å². The third-order valence-electron chi connectivity index (χ3n) is 3.07. The van der Waals surface area contributed by atoms with Gasteiger partial charge >= 0.3 is 12.1 Å². The van der Waals surface area contributed by atoms with Crippen LogP contribution < -0.4 is 0 Å². The second-order valence-corrected chi connectivity index (χ2v) is 4.92. The van der Waals surface area contributed by atoms with Crippen LogP contribution in [0.2, 0.25) is 5.02 Å². The number of hydrogen-bond acceptors (Lipinski definition) is 4. The van der Waals surface area contributed by atoms with Gasteiger partial charge in [0.05, 0.1) is 21.8 Å². The molecule has 0 fully saturated rings. The van der Waals surface area contributed by atoms with Crippen molar-refractivity contribution in [3.05, 3.63) is 63.9 Å². The zero-order chi connectivity index (χ0) is 17.2. The van der Waals surface area contributed by atoms with E-state index in [0.29, 0.717) is 12.3 Å². The molecule has 0 spiro atoms. The van der Waals surface area contributed by atoms with Crippen LogP contribution in [0.15, 0.2) is 41.6 Å². The van der Waals surface area contributed by atoms with Crippen molar-refractivity contribution >= 4 is 17.6 Å². The van der Waals surface area contributed by atoms with Crippen LogP contribution >= 0.6 is 11.6 Å². The Morgan fingerprint density at radius 3 is 2.52 bits per heavy atom. The summed E-state index contributed by atoms with van der Waals surface area (Å²) in [4.78, 5) is 14.9. The minimum absolute atomic E-state index is 0.115. The molecule has 2 N–H and O–H groups in total. The fourth-order valence-electron chi connectivity index (χ4n) is 2.01. The highest BCUT2D eigenvalue weighted by Crippen LogP contribution is 2.36. The van der Waals surface area contributed by atoms with Gasteiger partial charge in [0.1, 0.15) is 6.04 Å². The summed E-state index contributed by atoms with van der Waals surface area (Å²) in [6.45, 7) is 0. The quantitative estimate of drug-likeness (QED) is 0.797. The number of carbonyl (C=O) groups is 1. The van der Waals surface area contributed by atoms with Crippen LogP contribution in [-0.4, -0.2) is 16.1 Å². The summed E-state index contributed by atoms with van der Waals surface area (Å²) in [5.74, 6) is -1.25.